The second-order valence-electron chi connectivity index (χ2n) is 6.38. The number of methoxy groups -OCH3 is 1. The van der Waals surface area contributed by atoms with Gasteiger partial charge in [0.05, 0.1) is 34.7 Å². The highest BCUT2D eigenvalue weighted by molar-refractivity contribution is 7.18. The van der Waals surface area contributed by atoms with Crippen LogP contribution in [0.15, 0.2) is 42.2 Å². The number of ether oxygens (including phenoxy) is 1. The molecule has 8 nitrogen and oxygen atoms in total. The molecule has 10 heteroatoms. The maximum absolute atomic E-state index is 12.1. The van der Waals surface area contributed by atoms with Gasteiger partial charge >= 0.3 is 5.97 Å². The molecule has 4 aromatic rings. The van der Waals surface area contributed by atoms with Crippen LogP contribution < -0.4 is 5.32 Å². The van der Waals surface area contributed by atoms with Crippen LogP contribution in [-0.4, -0.2) is 32.8 Å². The lowest BCUT2D eigenvalue weighted by molar-refractivity contribution is 0.0603. The normalized spacial score (nSPS) is 11.8. The molecule has 30 heavy (non-hydrogen) atoms. The number of aromatic nitrogens is 4. The first kappa shape index (κ1) is 19.8. The fourth-order valence-electron chi connectivity index (χ4n) is 3.07. The van der Waals surface area contributed by atoms with Crippen LogP contribution in [0.3, 0.4) is 0 Å². The standard InChI is InChI=1S/C20H15ClN6O2S/c1-11(19-24-10-25-27(19)17-4-3-12(7-22)8-23-17)26-16-9-30-18-14(16)5-13(21)6-15(18)20(28)29-2/h3-6,8-11,26H,1-2H3/t11-/m0/s1. The summed E-state index contributed by atoms with van der Waals surface area (Å²) >= 11 is 7.66. The van der Waals surface area contributed by atoms with Gasteiger partial charge in [-0.25, -0.2) is 14.8 Å². The van der Waals surface area contributed by atoms with Gasteiger partial charge in [0.1, 0.15) is 12.4 Å². The highest BCUT2D eigenvalue weighted by Crippen LogP contribution is 2.37. The molecule has 1 N–H and O–H groups in total. The summed E-state index contributed by atoms with van der Waals surface area (Å²) in [7, 11) is 1.34. The zero-order valence-corrected chi connectivity index (χ0v) is 17.5. The fraction of sp³-hybridized carbons (Fsp3) is 0.150. The number of anilines is 1. The molecule has 0 saturated heterocycles. The van der Waals surface area contributed by atoms with E-state index in [0.717, 1.165) is 15.8 Å². The predicted molar refractivity (Wildman–Crippen MR) is 114 cm³/mol. The highest BCUT2D eigenvalue weighted by atomic mass is 35.5. The number of fused-ring (bicyclic) bond motifs is 1. The Morgan fingerprint density at radius 3 is 2.90 bits per heavy atom. The molecular weight excluding hydrogens is 424 g/mol. The van der Waals surface area contributed by atoms with E-state index in [2.05, 4.69) is 20.4 Å². The molecule has 0 aliphatic carbocycles. The van der Waals surface area contributed by atoms with Gasteiger partial charge in [-0.15, -0.1) is 11.3 Å². The van der Waals surface area contributed by atoms with E-state index in [-0.39, 0.29) is 6.04 Å². The molecule has 0 aliphatic rings. The van der Waals surface area contributed by atoms with E-state index in [1.807, 2.05) is 24.4 Å². The number of rotatable bonds is 5. The zero-order chi connectivity index (χ0) is 21.3. The van der Waals surface area contributed by atoms with Crippen molar-refractivity contribution in [1.29, 1.82) is 5.26 Å². The summed E-state index contributed by atoms with van der Waals surface area (Å²) in [4.78, 5) is 20.7. The lowest BCUT2D eigenvalue weighted by atomic mass is 10.1. The van der Waals surface area contributed by atoms with Gasteiger partial charge in [-0.2, -0.15) is 15.0 Å². The average Bonchev–Trinajstić information content (AvgIpc) is 3.40. The minimum atomic E-state index is -0.435. The molecule has 3 aromatic heterocycles. The molecule has 0 spiro atoms. The van der Waals surface area contributed by atoms with Crippen LogP contribution in [0.1, 0.15) is 34.7 Å². The zero-order valence-electron chi connectivity index (χ0n) is 16.0. The molecular formula is C20H15ClN6O2S. The SMILES string of the molecule is COC(=O)c1cc(Cl)cc2c(N[C@@H](C)c3ncnn3-c3ccc(C#N)cn3)csc12. The number of hydrogen-bond acceptors (Lipinski definition) is 8. The van der Waals surface area contributed by atoms with Crippen molar-refractivity contribution in [3.8, 4) is 11.9 Å². The van der Waals surface area contributed by atoms with Gasteiger partial charge in [0, 0.05) is 22.0 Å². The van der Waals surface area contributed by atoms with E-state index >= 15 is 0 Å². The van der Waals surface area contributed by atoms with Crippen molar-refractivity contribution < 1.29 is 9.53 Å². The second-order valence-corrected chi connectivity index (χ2v) is 7.70. The van der Waals surface area contributed by atoms with Crippen molar-refractivity contribution in [1.82, 2.24) is 19.7 Å². The lowest BCUT2D eigenvalue weighted by Crippen LogP contribution is -2.14. The summed E-state index contributed by atoms with van der Waals surface area (Å²) in [6.45, 7) is 1.94. The number of nitrogens with zero attached hydrogens (tertiary/aromatic N) is 5. The Kier molecular flexibility index (Phi) is 5.35. The number of carbonyl (C=O) groups excluding carboxylic acids is 1. The number of nitrogens with one attached hydrogen (secondary N) is 1. The Hall–Kier alpha value is -3.48. The number of carbonyl (C=O) groups is 1. The summed E-state index contributed by atoms with van der Waals surface area (Å²) in [5.41, 5.74) is 1.71. The first-order chi connectivity index (χ1) is 14.5. The molecule has 0 radical (unpaired) electrons. The Morgan fingerprint density at radius 2 is 2.20 bits per heavy atom. The maximum atomic E-state index is 12.1. The fourth-order valence-corrected chi connectivity index (χ4v) is 4.29. The first-order valence-corrected chi connectivity index (χ1v) is 10.1. The van der Waals surface area contributed by atoms with Gasteiger partial charge in [0.2, 0.25) is 0 Å². The van der Waals surface area contributed by atoms with Crippen molar-refractivity contribution >= 4 is 44.7 Å². The largest absolute Gasteiger partial charge is 0.465 e. The highest BCUT2D eigenvalue weighted by Gasteiger charge is 2.19. The molecule has 0 amide bonds. The van der Waals surface area contributed by atoms with Gasteiger partial charge in [0.25, 0.3) is 0 Å². The Balaban J connectivity index is 1.67. The van der Waals surface area contributed by atoms with E-state index < -0.39 is 5.97 Å². The molecule has 0 saturated carbocycles. The van der Waals surface area contributed by atoms with Crippen LogP contribution >= 0.6 is 22.9 Å². The molecule has 1 aromatic carbocycles. The van der Waals surface area contributed by atoms with E-state index in [1.54, 1.807) is 22.9 Å². The van der Waals surface area contributed by atoms with Crippen molar-refractivity contribution in [2.45, 2.75) is 13.0 Å². The monoisotopic (exact) mass is 438 g/mol. The molecule has 4 rings (SSSR count). The number of halogens is 1. The van der Waals surface area contributed by atoms with Crippen molar-refractivity contribution in [2.75, 3.05) is 12.4 Å². The first-order valence-electron chi connectivity index (χ1n) is 8.84. The van der Waals surface area contributed by atoms with Crippen LogP contribution in [-0.2, 0) is 4.74 Å². The Labute approximate surface area is 180 Å². The third-order valence-corrected chi connectivity index (χ3v) is 5.72. The minimum absolute atomic E-state index is 0.233. The molecule has 0 bridgehead atoms. The lowest BCUT2D eigenvalue weighted by Gasteiger charge is -2.15. The van der Waals surface area contributed by atoms with Gasteiger partial charge in [-0.05, 0) is 31.2 Å². The quantitative estimate of drug-likeness (QED) is 0.461. The van der Waals surface area contributed by atoms with Crippen LogP contribution in [0.2, 0.25) is 5.02 Å². The molecule has 0 aliphatic heterocycles. The topological polar surface area (TPSA) is 106 Å². The number of thiophene rings is 1. The average molecular weight is 439 g/mol. The van der Waals surface area contributed by atoms with Crippen LogP contribution in [0.25, 0.3) is 15.9 Å². The minimum Gasteiger partial charge on any atom is -0.465 e. The predicted octanol–water partition coefficient (Wildman–Crippen LogP) is 4.36. The molecule has 150 valence electrons. The van der Waals surface area contributed by atoms with Gasteiger partial charge in [-0.3, -0.25) is 0 Å². The number of benzene rings is 1. The second kappa shape index (κ2) is 8.10. The third kappa shape index (κ3) is 3.58. The van der Waals surface area contributed by atoms with Gasteiger partial charge in [0.15, 0.2) is 11.6 Å². The number of pyridine rings is 1. The van der Waals surface area contributed by atoms with Crippen molar-refractivity contribution in [2.24, 2.45) is 0 Å². The molecule has 0 fully saturated rings. The summed E-state index contributed by atoms with van der Waals surface area (Å²) in [6.07, 6.45) is 2.94. The van der Waals surface area contributed by atoms with E-state index in [1.165, 1.54) is 31.0 Å². The van der Waals surface area contributed by atoms with E-state index in [9.17, 15) is 4.79 Å². The summed E-state index contributed by atoms with van der Waals surface area (Å²) in [5, 5.41) is 19.8. The maximum Gasteiger partial charge on any atom is 0.339 e. The molecule has 1 atom stereocenters. The summed E-state index contributed by atoms with van der Waals surface area (Å²) < 4.78 is 7.27. The van der Waals surface area contributed by atoms with Gasteiger partial charge < -0.3 is 10.1 Å². The smallest absolute Gasteiger partial charge is 0.339 e. The third-order valence-electron chi connectivity index (χ3n) is 4.47. The van der Waals surface area contributed by atoms with E-state index in [4.69, 9.17) is 21.6 Å². The summed E-state index contributed by atoms with van der Waals surface area (Å²) in [5.74, 6) is 0.763. The van der Waals surface area contributed by atoms with Crippen LogP contribution in [0, 0.1) is 11.3 Å². The van der Waals surface area contributed by atoms with Crippen LogP contribution in [0.4, 0.5) is 5.69 Å². The molecule has 3 heterocycles. The van der Waals surface area contributed by atoms with E-state index in [0.29, 0.717) is 27.8 Å². The van der Waals surface area contributed by atoms with Crippen molar-refractivity contribution in [3.05, 3.63) is 64.1 Å². The molecule has 0 unspecified atom stereocenters. The van der Waals surface area contributed by atoms with Crippen LogP contribution in [0.5, 0.6) is 0 Å². The van der Waals surface area contributed by atoms with Gasteiger partial charge in [-0.1, -0.05) is 11.6 Å². The number of nitriles is 1. The number of esters is 1. The number of hydrogen-bond donors (Lipinski definition) is 1. The Morgan fingerprint density at radius 1 is 1.37 bits per heavy atom. The van der Waals surface area contributed by atoms with Crippen molar-refractivity contribution in [3.63, 3.8) is 0 Å². The Bertz CT molecular complexity index is 1270. The summed E-state index contributed by atoms with van der Waals surface area (Å²) in [6, 6.07) is 8.61.